The summed E-state index contributed by atoms with van der Waals surface area (Å²) in [6.07, 6.45) is 2.82. The fourth-order valence-corrected chi connectivity index (χ4v) is 6.88. The Balaban J connectivity index is 1.12. The Hall–Kier alpha value is -2.40. The van der Waals surface area contributed by atoms with Crippen LogP contribution in [0.1, 0.15) is 64.9 Å². The minimum Gasteiger partial charge on any atom is -0.493 e. The Bertz CT molecular complexity index is 1070. The highest BCUT2D eigenvalue weighted by atomic mass is 17.3. The summed E-state index contributed by atoms with van der Waals surface area (Å²) in [6.45, 7) is 6.59. The molecule has 10 nitrogen and oxygen atoms in total. The van der Waals surface area contributed by atoms with Gasteiger partial charge in [-0.15, -0.1) is 0 Å². The molecule has 1 aliphatic carbocycles. The first kappa shape index (κ1) is 28.1. The van der Waals surface area contributed by atoms with Crippen LogP contribution in [-0.4, -0.2) is 56.6 Å². The summed E-state index contributed by atoms with van der Waals surface area (Å²) in [5.41, 5.74) is 0.301. The summed E-state index contributed by atoms with van der Waals surface area (Å²) in [5.74, 6) is 0.384. The van der Waals surface area contributed by atoms with E-state index in [0.717, 1.165) is 31.2 Å². The van der Waals surface area contributed by atoms with E-state index in [9.17, 15) is 9.59 Å². The molecule has 6 rings (SSSR count). The maximum atomic E-state index is 12.8. The van der Waals surface area contributed by atoms with Crippen molar-refractivity contribution in [3.63, 3.8) is 0 Å². The summed E-state index contributed by atoms with van der Waals surface area (Å²) < 4.78 is 29.0. The first-order valence-corrected chi connectivity index (χ1v) is 14.1. The van der Waals surface area contributed by atoms with Crippen molar-refractivity contribution in [1.82, 2.24) is 5.32 Å². The molecule has 2 unspecified atom stereocenters. The lowest BCUT2D eigenvalue weighted by Crippen LogP contribution is -2.70. The highest BCUT2D eigenvalue weighted by Gasteiger charge is 2.69. The Morgan fingerprint density at radius 1 is 1.03 bits per heavy atom. The molecule has 1 amide bonds. The molecular formula is C29H41NO9. The van der Waals surface area contributed by atoms with Gasteiger partial charge in [0.15, 0.2) is 23.4 Å². The topological polar surface area (TPSA) is 111 Å². The van der Waals surface area contributed by atoms with Crippen LogP contribution in [-0.2, 0) is 40.0 Å². The summed E-state index contributed by atoms with van der Waals surface area (Å²) in [7, 11) is 3.17. The van der Waals surface area contributed by atoms with Crippen molar-refractivity contribution < 1.29 is 43.0 Å². The number of amides is 1. The first-order valence-electron chi connectivity index (χ1n) is 14.1. The van der Waals surface area contributed by atoms with E-state index < -0.39 is 29.9 Å². The highest BCUT2D eigenvalue weighted by Crippen LogP contribution is 2.60. The fourth-order valence-electron chi connectivity index (χ4n) is 6.88. The molecule has 0 radical (unpaired) electrons. The molecule has 5 aliphatic rings. The zero-order valence-electron chi connectivity index (χ0n) is 23.5. The Labute approximate surface area is 229 Å². The van der Waals surface area contributed by atoms with Crippen molar-refractivity contribution in [2.45, 2.75) is 89.7 Å². The van der Waals surface area contributed by atoms with Gasteiger partial charge in [0, 0.05) is 31.2 Å². The molecule has 4 aliphatic heterocycles. The normalized spacial score (nSPS) is 36.8. The van der Waals surface area contributed by atoms with Gasteiger partial charge >= 0.3 is 5.97 Å². The van der Waals surface area contributed by atoms with E-state index in [4.69, 9.17) is 33.5 Å². The molecule has 1 aromatic carbocycles. The predicted octanol–water partition coefficient (Wildman–Crippen LogP) is 3.89. The summed E-state index contributed by atoms with van der Waals surface area (Å²) >= 11 is 0. The average molecular weight is 548 g/mol. The van der Waals surface area contributed by atoms with Crippen LogP contribution in [0.5, 0.6) is 11.5 Å². The largest absolute Gasteiger partial charge is 0.493 e. The van der Waals surface area contributed by atoms with Gasteiger partial charge in [-0.1, -0.05) is 19.9 Å². The van der Waals surface area contributed by atoms with E-state index in [1.165, 1.54) is 0 Å². The summed E-state index contributed by atoms with van der Waals surface area (Å²) in [6, 6.07) is 5.64. The SMILES string of the molecule is COc1ccc(CCNC(=O)CCC(=O)O[C@@H]2O[C@@H]3OC4(C)CC[C@H]5[C@H](C)CC[C@@H]([C@H]2C)C35OO4)cc1OC. The van der Waals surface area contributed by atoms with Crippen molar-refractivity contribution in [2.75, 3.05) is 20.8 Å². The van der Waals surface area contributed by atoms with Gasteiger partial charge in [-0.3, -0.25) is 9.59 Å². The minimum atomic E-state index is -0.887. The molecule has 10 heteroatoms. The molecule has 5 fully saturated rings. The van der Waals surface area contributed by atoms with Gasteiger partial charge in [0.05, 0.1) is 20.6 Å². The summed E-state index contributed by atoms with van der Waals surface area (Å²) in [4.78, 5) is 37.1. The van der Waals surface area contributed by atoms with Crippen LogP contribution in [0.15, 0.2) is 18.2 Å². The van der Waals surface area contributed by atoms with Gasteiger partial charge in [0.2, 0.25) is 18.0 Å². The number of ether oxygens (including phenoxy) is 5. The third-order valence-electron chi connectivity index (χ3n) is 9.08. The lowest BCUT2D eigenvalue weighted by atomic mass is 9.58. The Morgan fingerprint density at radius 3 is 2.59 bits per heavy atom. The molecule has 4 heterocycles. The van der Waals surface area contributed by atoms with Gasteiger partial charge in [-0.05, 0) is 62.1 Å². The van der Waals surface area contributed by atoms with Crippen LogP contribution < -0.4 is 14.8 Å². The highest BCUT2D eigenvalue weighted by molar-refractivity contribution is 5.81. The van der Waals surface area contributed by atoms with E-state index >= 15 is 0 Å². The second kappa shape index (κ2) is 11.2. The number of esters is 1. The maximum Gasteiger partial charge on any atom is 0.308 e. The fraction of sp³-hybridized carbons (Fsp3) is 0.724. The van der Waals surface area contributed by atoms with Crippen molar-refractivity contribution in [1.29, 1.82) is 0 Å². The molecule has 1 N–H and O–H groups in total. The lowest BCUT2D eigenvalue weighted by molar-refractivity contribution is -0.576. The third kappa shape index (κ3) is 5.36. The number of methoxy groups -OCH3 is 2. The van der Waals surface area contributed by atoms with E-state index in [1.807, 2.05) is 32.0 Å². The number of carbonyl (C=O) groups is 2. The third-order valence-corrected chi connectivity index (χ3v) is 9.08. The molecule has 8 atom stereocenters. The second-order valence-corrected chi connectivity index (χ2v) is 11.6. The number of carbonyl (C=O) groups excluding carboxylic acids is 2. The maximum absolute atomic E-state index is 12.8. The van der Waals surface area contributed by atoms with E-state index in [0.29, 0.717) is 30.4 Å². The molecule has 39 heavy (non-hydrogen) atoms. The van der Waals surface area contributed by atoms with E-state index in [2.05, 4.69) is 12.2 Å². The molecule has 0 aromatic heterocycles. The van der Waals surface area contributed by atoms with Crippen molar-refractivity contribution in [2.24, 2.45) is 23.7 Å². The Morgan fingerprint density at radius 2 is 1.82 bits per heavy atom. The Kier molecular flexibility index (Phi) is 8.10. The smallest absolute Gasteiger partial charge is 0.308 e. The molecule has 2 bridgehead atoms. The summed E-state index contributed by atoms with van der Waals surface area (Å²) in [5, 5.41) is 2.86. The zero-order chi connectivity index (χ0) is 27.8. The number of benzene rings is 1. The molecule has 1 spiro atoms. The van der Waals surface area contributed by atoms with Crippen LogP contribution in [0.2, 0.25) is 0 Å². The van der Waals surface area contributed by atoms with Crippen molar-refractivity contribution in [3.8, 4) is 11.5 Å². The monoisotopic (exact) mass is 547 g/mol. The zero-order valence-corrected chi connectivity index (χ0v) is 23.5. The van der Waals surface area contributed by atoms with Gasteiger partial charge in [0.1, 0.15) is 0 Å². The van der Waals surface area contributed by atoms with Crippen molar-refractivity contribution >= 4 is 11.9 Å². The molecule has 1 saturated carbocycles. The lowest BCUT2D eigenvalue weighted by Gasteiger charge is -2.59. The molecular weight excluding hydrogens is 506 g/mol. The minimum absolute atomic E-state index is 0.0346. The van der Waals surface area contributed by atoms with E-state index in [-0.39, 0.29) is 36.5 Å². The number of hydrogen-bond donors (Lipinski definition) is 1. The molecule has 216 valence electrons. The average Bonchev–Trinajstić information content (AvgIpc) is 3.16. The molecule has 1 aromatic rings. The molecule has 4 saturated heterocycles. The number of rotatable bonds is 9. The first-order chi connectivity index (χ1) is 18.7. The quantitative estimate of drug-likeness (QED) is 0.364. The van der Waals surface area contributed by atoms with Crippen LogP contribution in [0, 0.1) is 23.7 Å². The van der Waals surface area contributed by atoms with Gasteiger partial charge in [0.25, 0.3) is 0 Å². The van der Waals surface area contributed by atoms with Gasteiger partial charge < -0.3 is 29.0 Å². The van der Waals surface area contributed by atoms with Crippen LogP contribution in [0.25, 0.3) is 0 Å². The predicted molar refractivity (Wildman–Crippen MR) is 138 cm³/mol. The number of nitrogens with one attached hydrogen (secondary N) is 1. The van der Waals surface area contributed by atoms with Crippen LogP contribution in [0.3, 0.4) is 0 Å². The number of fused-ring (bicyclic) bond motifs is 2. The van der Waals surface area contributed by atoms with Crippen molar-refractivity contribution in [3.05, 3.63) is 23.8 Å². The van der Waals surface area contributed by atoms with Gasteiger partial charge in [-0.25, -0.2) is 9.78 Å². The van der Waals surface area contributed by atoms with Crippen LogP contribution in [0.4, 0.5) is 0 Å². The standard InChI is InChI=1S/C29H41NO9/c1-17-6-8-21-18(2)26(36-27-29(21)20(17)12-14-28(3,37-27)38-39-29)35-25(32)11-10-24(31)30-15-13-19-7-9-22(33-4)23(16-19)34-5/h7,9,16-18,20-21,26-27H,6,8,10-15H2,1-5H3,(H,30,31)/t17-,18-,20+,21+,26-,27-,28?,29?/m1/s1. The van der Waals surface area contributed by atoms with Crippen LogP contribution >= 0.6 is 0 Å². The van der Waals surface area contributed by atoms with Gasteiger partial charge in [-0.2, -0.15) is 0 Å². The van der Waals surface area contributed by atoms with E-state index in [1.54, 1.807) is 14.2 Å². The number of hydrogen-bond acceptors (Lipinski definition) is 9. The second-order valence-electron chi connectivity index (χ2n) is 11.6.